The molecule has 1 aromatic heterocycles. The number of rotatable bonds is 2. The van der Waals surface area contributed by atoms with Gasteiger partial charge in [-0.2, -0.15) is 0 Å². The lowest BCUT2D eigenvalue weighted by Crippen LogP contribution is -2.04. The second kappa shape index (κ2) is 5.47. The maximum Gasteiger partial charge on any atom is 0.132 e. The summed E-state index contributed by atoms with van der Waals surface area (Å²) in [5.41, 5.74) is 5.62. The Bertz CT molecular complexity index is 821. The van der Waals surface area contributed by atoms with Crippen LogP contribution in [0.4, 0.5) is 0 Å². The average Bonchev–Trinajstić information content (AvgIpc) is 2.80. The number of benzene rings is 2. The van der Waals surface area contributed by atoms with Gasteiger partial charge in [0.2, 0.25) is 0 Å². The Morgan fingerprint density at radius 2 is 1.90 bits per heavy atom. The molecule has 0 amide bonds. The fraction of sp³-hybridized carbons (Fsp3) is 0.235. The topological polar surface area (TPSA) is 17.8 Å². The number of imidazole rings is 1. The molecule has 4 heteroatoms. The van der Waals surface area contributed by atoms with Crippen molar-refractivity contribution in [1.29, 1.82) is 0 Å². The van der Waals surface area contributed by atoms with E-state index in [1.807, 2.05) is 19.1 Å². The Labute approximate surface area is 137 Å². The van der Waals surface area contributed by atoms with Crippen LogP contribution in [-0.2, 0) is 0 Å². The van der Waals surface area contributed by atoms with Gasteiger partial charge in [-0.1, -0.05) is 28.1 Å². The van der Waals surface area contributed by atoms with Crippen molar-refractivity contribution in [2.75, 3.05) is 0 Å². The average molecular weight is 364 g/mol. The third-order valence-electron chi connectivity index (χ3n) is 3.66. The van der Waals surface area contributed by atoms with Crippen molar-refractivity contribution in [3.05, 3.63) is 57.8 Å². The van der Waals surface area contributed by atoms with E-state index in [9.17, 15) is 0 Å². The molecule has 108 valence electrons. The Balaban J connectivity index is 2.41. The maximum atomic E-state index is 6.37. The molecule has 0 saturated carbocycles. The minimum absolute atomic E-state index is 0.153. The lowest BCUT2D eigenvalue weighted by molar-refractivity contribution is 0.877. The third-order valence-corrected chi connectivity index (χ3v) is 4.35. The monoisotopic (exact) mass is 362 g/mol. The molecule has 3 rings (SSSR count). The highest BCUT2D eigenvalue weighted by molar-refractivity contribution is 9.10. The SMILES string of the molecule is Cc1cc(Br)ccc1-n1c(C(C)Cl)nc2cccc(C)c21. The zero-order chi connectivity index (χ0) is 15.1. The van der Waals surface area contributed by atoms with Crippen molar-refractivity contribution >= 4 is 38.6 Å². The molecule has 2 aromatic carbocycles. The summed E-state index contributed by atoms with van der Waals surface area (Å²) in [6.45, 7) is 6.17. The molecule has 0 spiro atoms. The van der Waals surface area contributed by atoms with E-state index < -0.39 is 0 Å². The number of hydrogen-bond donors (Lipinski definition) is 0. The van der Waals surface area contributed by atoms with Crippen molar-refractivity contribution < 1.29 is 0 Å². The van der Waals surface area contributed by atoms with E-state index in [1.54, 1.807) is 0 Å². The molecule has 21 heavy (non-hydrogen) atoms. The Hall–Kier alpha value is -1.32. The van der Waals surface area contributed by atoms with E-state index >= 15 is 0 Å². The van der Waals surface area contributed by atoms with Gasteiger partial charge in [0.05, 0.1) is 22.1 Å². The summed E-state index contributed by atoms with van der Waals surface area (Å²) >= 11 is 9.89. The molecule has 0 aliphatic heterocycles. The summed E-state index contributed by atoms with van der Waals surface area (Å²) in [5, 5.41) is -0.153. The summed E-state index contributed by atoms with van der Waals surface area (Å²) in [6, 6.07) is 12.5. The van der Waals surface area contributed by atoms with Crippen molar-refractivity contribution in [2.24, 2.45) is 0 Å². The molecule has 0 N–H and O–H groups in total. The van der Waals surface area contributed by atoms with Crippen LogP contribution in [0.3, 0.4) is 0 Å². The molecule has 0 fully saturated rings. The van der Waals surface area contributed by atoms with Crippen LogP contribution in [0.5, 0.6) is 0 Å². The van der Waals surface area contributed by atoms with E-state index in [0.29, 0.717) is 0 Å². The molecule has 3 aromatic rings. The number of aromatic nitrogens is 2. The van der Waals surface area contributed by atoms with Crippen LogP contribution in [0.2, 0.25) is 0 Å². The van der Waals surface area contributed by atoms with Gasteiger partial charge >= 0.3 is 0 Å². The van der Waals surface area contributed by atoms with Gasteiger partial charge in [0.1, 0.15) is 5.82 Å². The maximum absolute atomic E-state index is 6.37. The van der Waals surface area contributed by atoms with Crippen LogP contribution in [-0.4, -0.2) is 9.55 Å². The van der Waals surface area contributed by atoms with Gasteiger partial charge in [0.15, 0.2) is 0 Å². The van der Waals surface area contributed by atoms with Gasteiger partial charge in [-0.05, 0) is 56.2 Å². The molecule has 1 heterocycles. The predicted molar refractivity (Wildman–Crippen MR) is 92.5 cm³/mol. The predicted octanol–water partition coefficient (Wildman–Crippen LogP) is 5.70. The van der Waals surface area contributed by atoms with Gasteiger partial charge in [-0.25, -0.2) is 4.98 Å². The van der Waals surface area contributed by atoms with Crippen molar-refractivity contribution in [2.45, 2.75) is 26.1 Å². The highest BCUT2D eigenvalue weighted by Gasteiger charge is 2.18. The highest BCUT2D eigenvalue weighted by Crippen LogP contribution is 2.31. The number of aryl methyl sites for hydroxylation is 2. The molecule has 0 aliphatic rings. The normalized spacial score (nSPS) is 12.8. The quantitative estimate of drug-likeness (QED) is 0.534. The number of para-hydroxylation sites is 1. The number of hydrogen-bond acceptors (Lipinski definition) is 1. The highest BCUT2D eigenvalue weighted by atomic mass is 79.9. The van der Waals surface area contributed by atoms with Crippen molar-refractivity contribution in [3.8, 4) is 5.69 Å². The summed E-state index contributed by atoms with van der Waals surface area (Å²) in [5.74, 6) is 0.881. The molecular weight excluding hydrogens is 348 g/mol. The zero-order valence-electron chi connectivity index (χ0n) is 12.2. The summed E-state index contributed by atoms with van der Waals surface area (Å²) in [6.07, 6.45) is 0. The first kappa shape index (κ1) is 14.6. The molecule has 1 atom stereocenters. The fourth-order valence-corrected chi connectivity index (χ4v) is 3.31. The van der Waals surface area contributed by atoms with Crippen LogP contribution in [0.25, 0.3) is 16.7 Å². The number of halogens is 2. The van der Waals surface area contributed by atoms with E-state index in [-0.39, 0.29) is 5.38 Å². The zero-order valence-corrected chi connectivity index (χ0v) is 14.5. The second-order valence-corrected chi connectivity index (χ2v) is 6.87. The largest absolute Gasteiger partial charge is 0.295 e. The van der Waals surface area contributed by atoms with Crippen molar-refractivity contribution in [3.63, 3.8) is 0 Å². The lowest BCUT2D eigenvalue weighted by Gasteiger charge is -2.14. The van der Waals surface area contributed by atoms with Crippen LogP contribution >= 0.6 is 27.5 Å². The molecule has 0 radical (unpaired) electrons. The fourth-order valence-electron chi connectivity index (χ4n) is 2.69. The van der Waals surface area contributed by atoms with E-state index in [4.69, 9.17) is 16.6 Å². The minimum atomic E-state index is -0.153. The smallest absolute Gasteiger partial charge is 0.132 e. The van der Waals surface area contributed by atoms with Crippen LogP contribution in [0.1, 0.15) is 29.3 Å². The molecule has 0 saturated heterocycles. The van der Waals surface area contributed by atoms with Crippen LogP contribution < -0.4 is 0 Å². The van der Waals surface area contributed by atoms with Crippen LogP contribution in [0, 0.1) is 13.8 Å². The third kappa shape index (κ3) is 2.49. The number of alkyl halides is 1. The Morgan fingerprint density at radius 3 is 2.57 bits per heavy atom. The first-order valence-corrected chi connectivity index (χ1v) is 8.10. The van der Waals surface area contributed by atoms with Gasteiger partial charge < -0.3 is 0 Å². The lowest BCUT2D eigenvalue weighted by atomic mass is 10.1. The molecular formula is C17H16BrClN2. The van der Waals surface area contributed by atoms with E-state index in [2.05, 4.69) is 58.6 Å². The molecule has 0 aliphatic carbocycles. The van der Waals surface area contributed by atoms with Gasteiger partial charge in [0, 0.05) is 4.47 Å². The first-order valence-electron chi connectivity index (χ1n) is 6.87. The first-order chi connectivity index (χ1) is 9.99. The molecule has 1 unspecified atom stereocenters. The standard InChI is InChI=1S/C17H16BrClN2/c1-10-5-4-6-14-16(10)21(17(20-14)12(3)19)15-8-7-13(18)9-11(15)2/h4-9,12H,1-3H3. The Kier molecular flexibility index (Phi) is 3.80. The van der Waals surface area contributed by atoms with Crippen molar-refractivity contribution in [1.82, 2.24) is 9.55 Å². The van der Waals surface area contributed by atoms with Gasteiger partial charge in [-0.15, -0.1) is 11.6 Å². The number of nitrogens with zero attached hydrogens (tertiary/aromatic N) is 2. The molecule has 2 nitrogen and oxygen atoms in total. The van der Waals surface area contributed by atoms with Gasteiger partial charge in [0.25, 0.3) is 0 Å². The van der Waals surface area contributed by atoms with E-state index in [1.165, 1.54) is 11.1 Å². The van der Waals surface area contributed by atoms with Crippen LogP contribution in [0.15, 0.2) is 40.9 Å². The number of fused-ring (bicyclic) bond motifs is 1. The molecule has 0 bridgehead atoms. The Morgan fingerprint density at radius 1 is 1.14 bits per heavy atom. The van der Waals surface area contributed by atoms with E-state index in [0.717, 1.165) is 27.0 Å². The summed E-state index contributed by atoms with van der Waals surface area (Å²) in [4.78, 5) is 4.73. The second-order valence-electron chi connectivity index (χ2n) is 5.29. The summed E-state index contributed by atoms with van der Waals surface area (Å²) in [7, 11) is 0. The minimum Gasteiger partial charge on any atom is -0.295 e. The summed E-state index contributed by atoms with van der Waals surface area (Å²) < 4.78 is 3.26. The van der Waals surface area contributed by atoms with Gasteiger partial charge in [-0.3, -0.25) is 4.57 Å².